The summed E-state index contributed by atoms with van der Waals surface area (Å²) >= 11 is 6.22. The number of carbonyl (C=O) groups is 1. The van der Waals surface area contributed by atoms with Crippen LogP contribution in [0.1, 0.15) is 29.8 Å². The van der Waals surface area contributed by atoms with Crippen molar-refractivity contribution in [2.75, 3.05) is 13.2 Å². The molecule has 1 heterocycles. The molecular formula is C12H13ClO3. The van der Waals surface area contributed by atoms with Crippen molar-refractivity contribution in [1.82, 2.24) is 0 Å². The van der Waals surface area contributed by atoms with E-state index in [0.29, 0.717) is 41.7 Å². The van der Waals surface area contributed by atoms with Crippen LogP contribution < -0.4 is 9.47 Å². The number of ketones is 1. The number of Topliss-reactive ketones (excluding diaryl/α,β-unsaturated/α-hetero) is 1. The monoisotopic (exact) mass is 240 g/mol. The van der Waals surface area contributed by atoms with Crippen molar-refractivity contribution in [3.05, 3.63) is 22.2 Å². The second-order valence-corrected chi connectivity index (χ2v) is 4.03. The lowest BCUT2D eigenvalue weighted by molar-refractivity contribution is 0.101. The molecule has 4 heteroatoms. The summed E-state index contributed by atoms with van der Waals surface area (Å²) in [5, 5.41) is 0.505. The highest BCUT2D eigenvalue weighted by atomic mass is 35.5. The van der Waals surface area contributed by atoms with Crippen molar-refractivity contribution in [1.29, 1.82) is 0 Å². The van der Waals surface area contributed by atoms with Gasteiger partial charge in [-0.05, 0) is 25.0 Å². The Morgan fingerprint density at radius 2 is 2.12 bits per heavy atom. The van der Waals surface area contributed by atoms with E-state index in [1.54, 1.807) is 6.07 Å². The van der Waals surface area contributed by atoms with Gasteiger partial charge < -0.3 is 9.47 Å². The first-order chi connectivity index (χ1) is 7.65. The van der Waals surface area contributed by atoms with Gasteiger partial charge in [-0.3, -0.25) is 4.79 Å². The molecule has 1 aromatic carbocycles. The molecule has 0 N–H and O–H groups in total. The van der Waals surface area contributed by atoms with E-state index in [1.165, 1.54) is 6.92 Å². The highest BCUT2D eigenvalue weighted by molar-refractivity contribution is 6.33. The summed E-state index contributed by atoms with van der Waals surface area (Å²) < 4.78 is 10.9. The molecule has 0 spiro atoms. The van der Waals surface area contributed by atoms with Gasteiger partial charge in [0.1, 0.15) is 13.2 Å². The van der Waals surface area contributed by atoms with Gasteiger partial charge in [0.05, 0.1) is 5.02 Å². The van der Waals surface area contributed by atoms with Crippen molar-refractivity contribution < 1.29 is 14.3 Å². The van der Waals surface area contributed by atoms with Gasteiger partial charge in [0.2, 0.25) is 0 Å². The Hall–Kier alpha value is -1.22. The maximum atomic E-state index is 11.5. The molecule has 0 bridgehead atoms. The SMILES string of the molecule is CCc1c(C(C)=O)cc2c(c1Cl)OCCO2. The lowest BCUT2D eigenvalue weighted by Crippen LogP contribution is -2.17. The van der Waals surface area contributed by atoms with Crippen LogP contribution in [0.25, 0.3) is 0 Å². The van der Waals surface area contributed by atoms with E-state index in [4.69, 9.17) is 21.1 Å². The normalized spacial score (nSPS) is 13.7. The average Bonchev–Trinajstić information content (AvgIpc) is 2.29. The van der Waals surface area contributed by atoms with E-state index >= 15 is 0 Å². The summed E-state index contributed by atoms with van der Waals surface area (Å²) in [7, 11) is 0. The fraction of sp³-hybridized carbons (Fsp3) is 0.417. The van der Waals surface area contributed by atoms with Gasteiger partial charge in [-0.15, -0.1) is 0 Å². The van der Waals surface area contributed by atoms with Crippen LogP contribution in [-0.2, 0) is 6.42 Å². The zero-order valence-electron chi connectivity index (χ0n) is 9.30. The molecule has 1 aliphatic rings. The molecule has 16 heavy (non-hydrogen) atoms. The summed E-state index contributed by atoms with van der Waals surface area (Å²) in [5.74, 6) is 1.13. The first kappa shape index (κ1) is 11.3. The Morgan fingerprint density at radius 3 is 2.75 bits per heavy atom. The van der Waals surface area contributed by atoms with Gasteiger partial charge in [0.25, 0.3) is 0 Å². The summed E-state index contributed by atoms with van der Waals surface area (Å²) in [5.41, 5.74) is 1.45. The van der Waals surface area contributed by atoms with Crippen LogP contribution in [0.2, 0.25) is 5.02 Å². The summed E-state index contributed by atoms with van der Waals surface area (Å²) in [6.07, 6.45) is 0.699. The number of fused-ring (bicyclic) bond motifs is 1. The molecule has 0 unspecified atom stereocenters. The number of halogens is 1. The predicted molar refractivity (Wildman–Crippen MR) is 61.8 cm³/mol. The van der Waals surface area contributed by atoms with E-state index in [0.717, 1.165) is 5.56 Å². The van der Waals surface area contributed by atoms with Crippen molar-refractivity contribution in [2.45, 2.75) is 20.3 Å². The molecule has 3 nitrogen and oxygen atoms in total. The van der Waals surface area contributed by atoms with Crippen molar-refractivity contribution in [2.24, 2.45) is 0 Å². The molecular weight excluding hydrogens is 228 g/mol. The highest BCUT2D eigenvalue weighted by Crippen LogP contribution is 2.41. The number of benzene rings is 1. The van der Waals surface area contributed by atoms with Gasteiger partial charge in [-0.25, -0.2) is 0 Å². The standard InChI is InChI=1S/C12H13ClO3/c1-3-8-9(7(2)14)6-10-12(11(8)13)16-5-4-15-10/h6H,3-5H2,1-2H3. The van der Waals surface area contributed by atoms with Gasteiger partial charge in [-0.2, -0.15) is 0 Å². The van der Waals surface area contributed by atoms with Crippen LogP contribution in [0.3, 0.4) is 0 Å². The van der Waals surface area contributed by atoms with E-state index < -0.39 is 0 Å². The minimum Gasteiger partial charge on any atom is -0.486 e. The summed E-state index contributed by atoms with van der Waals surface area (Å²) in [6, 6.07) is 1.72. The highest BCUT2D eigenvalue weighted by Gasteiger charge is 2.22. The topological polar surface area (TPSA) is 35.5 Å². The third-order valence-corrected chi connectivity index (χ3v) is 3.01. The number of ether oxygens (including phenoxy) is 2. The Balaban J connectivity index is 2.64. The van der Waals surface area contributed by atoms with Crippen LogP contribution in [0.15, 0.2) is 6.07 Å². The lowest BCUT2D eigenvalue weighted by atomic mass is 10.0. The molecule has 1 aliphatic heterocycles. The first-order valence-corrected chi connectivity index (χ1v) is 5.64. The van der Waals surface area contributed by atoms with Crippen LogP contribution in [0.5, 0.6) is 11.5 Å². The molecule has 0 saturated heterocycles. The maximum absolute atomic E-state index is 11.5. The molecule has 1 aromatic rings. The minimum atomic E-state index is -0.00396. The molecule has 0 saturated carbocycles. The van der Waals surface area contributed by atoms with Crippen LogP contribution >= 0.6 is 11.6 Å². The van der Waals surface area contributed by atoms with Gasteiger partial charge in [0, 0.05) is 5.56 Å². The number of rotatable bonds is 2. The van der Waals surface area contributed by atoms with Crippen molar-refractivity contribution in [3.63, 3.8) is 0 Å². The van der Waals surface area contributed by atoms with Gasteiger partial charge >= 0.3 is 0 Å². The van der Waals surface area contributed by atoms with Crippen LogP contribution in [0, 0.1) is 0 Å². The average molecular weight is 241 g/mol. The van der Waals surface area contributed by atoms with Crippen LogP contribution in [0.4, 0.5) is 0 Å². The first-order valence-electron chi connectivity index (χ1n) is 5.27. The van der Waals surface area contributed by atoms with E-state index in [-0.39, 0.29) is 5.78 Å². The maximum Gasteiger partial charge on any atom is 0.180 e. The van der Waals surface area contributed by atoms with E-state index in [2.05, 4.69) is 0 Å². The Labute approximate surface area is 99.3 Å². The lowest BCUT2D eigenvalue weighted by Gasteiger charge is -2.22. The Bertz CT molecular complexity index is 440. The molecule has 0 atom stereocenters. The molecule has 0 aliphatic carbocycles. The number of hydrogen-bond donors (Lipinski definition) is 0. The van der Waals surface area contributed by atoms with Crippen molar-refractivity contribution in [3.8, 4) is 11.5 Å². The zero-order chi connectivity index (χ0) is 11.7. The number of carbonyl (C=O) groups excluding carboxylic acids is 1. The molecule has 86 valence electrons. The molecule has 0 radical (unpaired) electrons. The molecule has 0 amide bonds. The smallest absolute Gasteiger partial charge is 0.180 e. The van der Waals surface area contributed by atoms with E-state index in [1.807, 2.05) is 6.92 Å². The fourth-order valence-electron chi connectivity index (χ4n) is 1.84. The second kappa shape index (κ2) is 4.34. The summed E-state index contributed by atoms with van der Waals surface area (Å²) in [4.78, 5) is 11.5. The third-order valence-electron chi connectivity index (χ3n) is 2.61. The Kier molecular flexibility index (Phi) is 3.06. The molecule has 2 rings (SSSR count). The largest absolute Gasteiger partial charge is 0.486 e. The fourth-order valence-corrected chi connectivity index (χ4v) is 2.23. The Morgan fingerprint density at radius 1 is 1.44 bits per heavy atom. The van der Waals surface area contributed by atoms with Crippen molar-refractivity contribution >= 4 is 17.4 Å². The minimum absolute atomic E-state index is 0.00396. The van der Waals surface area contributed by atoms with Crippen LogP contribution in [-0.4, -0.2) is 19.0 Å². The quantitative estimate of drug-likeness (QED) is 0.746. The number of hydrogen-bond acceptors (Lipinski definition) is 3. The molecule has 0 fully saturated rings. The predicted octanol–water partition coefficient (Wildman–Crippen LogP) is 2.88. The van der Waals surface area contributed by atoms with Gasteiger partial charge in [-0.1, -0.05) is 18.5 Å². The second-order valence-electron chi connectivity index (χ2n) is 3.65. The van der Waals surface area contributed by atoms with Gasteiger partial charge in [0.15, 0.2) is 17.3 Å². The summed E-state index contributed by atoms with van der Waals surface area (Å²) in [6.45, 7) is 4.48. The van der Waals surface area contributed by atoms with E-state index in [9.17, 15) is 4.79 Å². The third kappa shape index (κ3) is 1.76. The zero-order valence-corrected chi connectivity index (χ0v) is 10.1. The molecule has 0 aromatic heterocycles.